The third-order valence-corrected chi connectivity index (χ3v) is 3.32. The number of para-hydroxylation sites is 1. The van der Waals surface area contributed by atoms with Crippen molar-refractivity contribution in [2.45, 2.75) is 13.3 Å². The van der Waals surface area contributed by atoms with E-state index in [1.54, 1.807) is 11.8 Å². The second-order valence-electron chi connectivity index (χ2n) is 4.89. The maximum absolute atomic E-state index is 13.2. The predicted molar refractivity (Wildman–Crippen MR) is 82.9 cm³/mol. The van der Waals surface area contributed by atoms with Crippen molar-refractivity contribution >= 4 is 11.6 Å². The fourth-order valence-electron chi connectivity index (χ4n) is 2.22. The molecule has 2 N–H and O–H groups in total. The minimum absolute atomic E-state index is 0.132. The molecule has 110 valence electrons. The molecular weight excluding hydrogens is 267 g/mol. The highest BCUT2D eigenvalue weighted by Gasteiger charge is 2.19. The van der Waals surface area contributed by atoms with Crippen LogP contribution in [0.1, 0.15) is 22.3 Å². The molecule has 2 aromatic rings. The summed E-state index contributed by atoms with van der Waals surface area (Å²) in [7, 11) is 0. The van der Waals surface area contributed by atoms with Gasteiger partial charge in [-0.05, 0) is 55.8 Å². The van der Waals surface area contributed by atoms with E-state index in [1.807, 2.05) is 30.3 Å². The van der Waals surface area contributed by atoms with Crippen molar-refractivity contribution in [3.8, 4) is 0 Å². The fraction of sp³-hybridized carbons (Fsp3) is 0.235. The first-order valence-electron chi connectivity index (χ1n) is 6.96. The third kappa shape index (κ3) is 3.67. The maximum Gasteiger partial charge on any atom is 0.258 e. The molecule has 0 aliphatic rings. The van der Waals surface area contributed by atoms with Crippen LogP contribution < -0.4 is 10.6 Å². The van der Waals surface area contributed by atoms with Crippen LogP contribution in [-0.2, 0) is 0 Å². The molecule has 0 unspecified atom stereocenters. The Kier molecular flexibility index (Phi) is 5.06. The number of hydrogen-bond acceptors (Lipinski definition) is 2. The number of anilines is 1. The molecule has 21 heavy (non-hydrogen) atoms. The van der Waals surface area contributed by atoms with Crippen LogP contribution in [0, 0.1) is 12.7 Å². The van der Waals surface area contributed by atoms with E-state index >= 15 is 0 Å². The number of benzene rings is 2. The third-order valence-electron chi connectivity index (χ3n) is 3.32. The first-order chi connectivity index (χ1) is 10.1. The van der Waals surface area contributed by atoms with E-state index in [9.17, 15) is 9.18 Å². The lowest BCUT2D eigenvalue weighted by Gasteiger charge is -2.23. The molecule has 2 rings (SSSR count). The zero-order valence-corrected chi connectivity index (χ0v) is 12.1. The summed E-state index contributed by atoms with van der Waals surface area (Å²) in [6, 6.07) is 13.7. The smallest absolute Gasteiger partial charge is 0.258 e. The first-order valence-corrected chi connectivity index (χ1v) is 6.96. The zero-order chi connectivity index (χ0) is 15.2. The lowest BCUT2D eigenvalue weighted by molar-refractivity contribution is 0.0986. The zero-order valence-electron chi connectivity index (χ0n) is 12.1. The summed E-state index contributed by atoms with van der Waals surface area (Å²) in [6.45, 7) is 2.79. The average Bonchev–Trinajstić information content (AvgIpc) is 2.48. The molecule has 4 heteroatoms. The van der Waals surface area contributed by atoms with Crippen molar-refractivity contribution in [3.63, 3.8) is 0 Å². The quantitative estimate of drug-likeness (QED) is 0.918. The molecule has 2 aromatic carbocycles. The molecule has 0 atom stereocenters. The average molecular weight is 286 g/mol. The number of aryl methyl sites for hydroxylation is 1. The number of halogens is 1. The Bertz CT molecular complexity index is 613. The van der Waals surface area contributed by atoms with E-state index in [1.165, 1.54) is 18.2 Å². The number of nitrogens with zero attached hydrogens (tertiary/aromatic N) is 1. The summed E-state index contributed by atoms with van der Waals surface area (Å²) in [5.74, 6) is -0.468. The molecule has 0 heterocycles. The van der Waals surface area contributed by atoms with Crippen LogP contribution >= 0.6 is 0 Å². The van der Waals surface area contributed by atoms with Gasteiger partial charge < -0.3 is 10.6 Å². The van der Waals surface area contributed by atoms with Gasteiger partial charge in [0.05, 0.1) is 0 Å². The minimum atomic E-state index is -0.336. The molecule has 0 bridgehead atoms. The van der Waals surface area contributed by atoms with Crippen molar-refractivity contribution < 1.29 is 9.18 Å². The standard InChI is InChI=1S/C17H19FN2O/c1-13-12-14(18)8-9-16(13)17(21)20(11-5-10-19)15-6-3-2-4-7-15/h2-4,6-9,12H,5,10-11,19H2,1H3. The molecule has 3 nitrogen and oxygen atoms in total. The van der Waals surface area contributed by atoms with Crippen LogP contribution in [-0.4, -0.2) is 19.0 Å². The highest BCUT2D eigenvalue weighted by molar-refractivity contribution is 6.07. The van der Waals surface area contributed by atoms with Crippen molar-refractivity contribution in [2.24, 2.45) is 5.73 Å². The summed E-state index contributed by atoms with van der Waals surface area (Å²) in [5.41, 5.74) is 7.52. The van der Waals surface area contributed by atoms with Crippen LogP contribution in [0.25, 0.3) is 0 Å². The Morgan fingerprint density at radius 3 is 2.52 bits per heavy atom. The summed E-state index contributed by atoms with van der Waals surface area (Å²) >= 11 is 0. The lowest BCUT2D eigenvalue weighted by Crippen LogP contribution is -2.33. The van der Waals surface area contributed by atoms with Crippen LogP contribution in [0.15, 0.2) is 48.5 Å². The number of hydrogen-bond donors (Lipinski definition) is 1. The SMILES string of the molecule is Cc1cc(F)ccc1C(=O)N(CCCN)c1ccccc1. The van der Waals surface area contributed by atoms with Crippen molar-refractivity contribution in [2.75, 3.05) is 18.0 Å². The van der Waals surface area contributed by atoms with E-state index in [-0.39, 0.29) is 11.7 Å². The molecule has 0 aliphatic carbocycles. The molecule has 0 spiro atoms. The predicted octanol–water partition coefficient (Wildman–Crippen LogP) is 3.13. The lowest BCUT2D eigenvalue weighted by atomic mass is 10.1. The Morgan fingerprint density at radius 2 is 1.90 bits per heavy atom. The van der Waals surface area contributed by atoms with Gasteiger partial charge >= 0.3 is 0 Å². The van der Waals surface area contributed by atoms with Gasteiger partial charge in [0.15, 0.2) is 0 Å². The van der Waals surface area contributed by atoms with Crippen LogP contribution in [0.5, 0.6) is 0 Å². The van der Waals surface area contributed by atoms with Gasteiger partial charge in [-0.25, -0.2) is 4.39 Å². The highest BCUT2D eigenvalue weighted by Crippen LogP contribution is 2.19. The molecule has 0 aliphatic heterocycles. The number of nitrogens with two attached hydrogens (primary N) is 1. The first kappa shape index (κ1) is 15.2. The largest absolute Gasteiger partial charge is 0.330 e. The van der Waals surface area contributed by atoms with Gasteiger partial charge in [0.25, 0.3) is 5.91 Å². The van der Waals surface area contributed by atoms with E-state index in [4.69, 9.17) is 5.73 Å². The van der Waals surface area contributed by atoms with Gasteiger partial charge in [-0.15, -0.1) is 0 Å². The van der Waals surface area contributed by atoms with E-state index in [0.717, 1.165) is 5.69 Å². The van der Waals surface area contributed by atoms with Crippen molar-refractivity contribution in [1.29, 1.82) is 0 Å². The van der Waals surface area contributed by atoms with Crippen LogP contribution in [0.4, 0.5) is 10.1 Å². The Labute approximate surface area is 124 Å². The second-order valence-corrected chi connectivity index (χ2v) is 4.89. The van der Waals surface area contributed by atoms with Crippen molar-refractivity contribution in [3.05, 3.63) is 65.5 Å². The number of carbonyl (C=O) groups excluding carboxylic acids is 1. The second kappa shape index (κ2) is 6.99. The van der Waals surface area contributed by atoms with Gasteiger partial charge in [-0.1, -0.05) is 18.2 Å². The van der Waals surface area contributed by atoms with E-state index in [0.29, 0.717) is 30.6 Å². The van der Waals surface area contributed by atoms with Gasteiger partial charge in [0, 0.05) is 17.8 Å². The Morgan fingerprint density at radius 1 is 1.19 bits per heavy atom. The summed E-state index contributed by atoms with van der Waals surface area (Å²) < 4.78 is 13.2. The normalized spacial score (nSPS) is 10.4. The van der Waals surface area contributed by atoms with Gasteiger partial charge in [-0.2, -0.15) is 0 Å². The van der Waals surface area contributed by atoms with Gasteiger partial charge in [-0.3, -0.25) is 4.79 Å². The summed E-state index contributed by atoms with van der Waals surface area (Å²) in [4.78, 5) is 14.4. The highest BCUT2D eigenvalue weighted by atomic mass is 19.1. The van der Waals surface area contributed by atoms with Crippen LogP contribution in [0.3, 0.4) is 0 Å². The van der Waals surface area contributed by atoms with Crippen molar-refractivity contribution in [1.82, 2.24) is 0 Å². The molecule has 0 radical (unpaired) electrons. The monoisotopic (exact) mass is 286 g/mol. The molecule has 0 saturated carbocycles. The minimum Gasteiger partial charge on any atom is -0.330 e. The Hall–Kier alpha value is -2.20. The summed E-state index contributed by atoms with van der Waals surface area (Å²) in [5, 5.41) is 0. The maximum atomic E-state index is 13.2. The molecule has 0 fully saturated rings. The molecule has 0 aromatic heterocycles. The van der Waals surface area contributed by atoms with Crippen LogP contribution in [0.2, 0.25) is 0 Å². The summed E-state index contributed by atoms with van der Waals surface area (Å²) in [6.07, 6.45) is 0.709. The van der Waals surface area contributed by atoms with Gasteiger partial charge in [0.1, 0.15) is 5.82 Å². The topological polar surface area (TPSA) is 46.3 Å². The number of rotatable bonds is 5. The van der Waals surface area contributed by atoms with E-state index in [2.05, 4.69) is 0 Å². The molecular formula is C17H19FN2O. The number of amides is 1. The van der Waals surface area contributed by atoms with E-state index < -0.39 is 0 Å². The number of carbonyl (C=O) groups is 1. The molecule has 0 saturated heterocycles. The van der Waals surface area contributed by atoms with Gasteiger partial charge in [0.2, 0.25) is 0 Å². The molecule has 1 amide bonds. The Balaban J connectivity index is 2.34. The fourth-order valence-corrected chi connectivity index (χ4v) is 2.22.